The summed E-state index contributed by atoms with van der Waals surface area (Å²) in [6.45, 7) is 1.86. The second-order valence-corrected chi connectivity index (χ2v) is 7.81. The number of anilines is 1. The number of esters is 1. The first-order valence-corrected chi connectivity index (χ1v) is 10.4. The molecule has 31 heavy (non-hydrogen) atoms. The minimum Gasteiger partial charge on any atom is -0.488 e. The van der Waals surface area contributed by atoms with Gasteiger partial charge in [-0.25, -0.2) is 4.79 Å². The van der Waals surface area contributed by atoms with Crippen LogP contribution in [0.1, 0.15) is 28.4 Å². The number of hydrogen-bond donors (Lipinski definition) is 0. The van der Waals surface area contributed by atoms with Gasteiger partial charge < -0.3 is 14.4 Å². The lowest BCUT2D eigenvalue weighted by molar-refractivity contribution is -0.122. The van der Waals surface area contributed by atoms with Crippen molar-refractivity contribution in [3.63, 3.8) is 0 Å². The van der Waals surface area contributed by atoms with E-state index in [2.05, 4.69) is 0 Å². The van der Waals surface area contributed by atoms with E-state index in [0.29, 0.717) is 10.8 Å². The summed E-state index contributed by atoms with van der Waals surface area (Å²) in [7, 11) is 0. The summed E-state index contributed by atoms with van der Waals surface area (Å²) in [6.07, 6.45) is 0.786. The first-order chi connectivity index (χ1) is 15.0. The van der Waals surface area contributed by atoms with Gasteiger partial charge in [0.15, 0.2) is 6.61 Å². The van der Waals surface area contributed by atoms with Gasteiger partial charge in [-0.05, 0) is 43.2 Å². The molecule has 1 amide bonds. The van der Waals surface area contributed by atoms with E-state index < -0.39 is 5.97 Å². The van der Waals surface area contributed by atoms with Crippen LogP contribution in [0.4, 0.5) is 5.69 Å². The van der Waals surface area contributed by atoms with Crippen LogP contribution in [0.15, 0.2) is 72.8 Å². The van der Waals surface area contributed by atoms with Crippen molar-refractivity contribution >= 4 is 29.2 Å². The zero-order chi connectivity index (χ0) is 21.8. The van der Waals surface area contributed by atoms with Gasteiger partial charge in [-0.15, -0.1) is 0 Å². The molecule has 1 aliphatic heterocycles. The molecule has 1 unspecified atom stereocenters. The normalized spacial score (nSPS) is 14.8. The number of benzene rings is 3. The highest BCUT2D eigenvalue weighted by Gasteiger charge is 2.31. The Kier molecular flexibility index (Phi) is 6.23. The van der Waals surface area contributed by atoms with Crippen molar-refractivity contribution in [3.8, 4) is 5.75 Å². The Morgan fingerprint density at radius 3 is 2.55 bits per heavy atom. The Morgan fingerprint density at radius 1 is 1.00 bits per heavy atom. The molecule has 0 fully saturated rings. The highest BCUT2D eigenvalue weighted by Crippen LogP contribution is 2.32. The van der Waals surface area contributed by atoms with E-state index in [1.807, 2.05) is 49.4 Å². The lowest BCUT2D eigenvalue weighted by Gasteiger charge is -2.22. The summed E-state index contributed by atoms with van der Waals surface area (Å²) in [4.78, 5) is 27.2. The van der Waals surface area contributed by atoms with Crippen LogP contribution in [0.2, 0.25) is 5.02 Å². The van der Waals surface area contributed by atoms with Crippen molar-refractivity contribution < 1.29 is 19.1 Å². The molecule has 3 aromatic rings. The van der Waals surface area contributed by atoms with Crippen LogP contribution in [0.3, 0.4) is 0 Å². The van der Waals surface area contributed by atoms with Crippen LogP contribution in [-0.4, -0.2) is 24.5 Å². The van der Waals surface area contributed by atoms with Gasteiger partial charge in [0.2, 0.25) is 0 Å². The van der Waals surface area contributed by atoms with Crippen LogP contribution < -0.4 is 9.64 Å². The van der Waals surface area contributed by atoms with Crippen LogP contribution in [0, 0.1) is 0 Å². The fourth-order valence-corrected chi connectivity index (χ4v) is 3.94. The topological polar surface area (TPSA) is 55.8 Å². The standard InChI is InChI=1S/C25H22ClNO4/c1-17-14-18-8-3-6-12-22(18)27(17)24(28)16-31-25(29)20-10-4-7-13-23(20)30-15-19-9-2-5-11-21(19)26/h2-13,17H,14-16H2,1H3. The molecule has 0 saturated heterocycles. The third-order valence-corrected chi connectivity index (χ3v) is 5.62. The number of hydrogen-bond acceptors (Lipinski definition) is 4. The third kappa shape index (κ3) is 4.57. The van der Waals surface area contributed by atoms with Crippen molar-refractivity contribution in [2.45, 2.75) is 26.0 Å². The molecule has 6 heteroatoms. The predicted molar refractivity (Wildman–Crippen MR) is 120 cm³/mol. The van der Waals surface area contributed by atoms with Gasteiger partial charge in [0, 0.05) is 22.3 Å². The summed E-state index contributed by atoms with van der Waals surface area (Å²) in [6, 6.07) is 21.9. The average Bonchev–Trinajstić information content (AvgIpc) is 3.12. The lowest BCUT2D eigenvalue weighted by Crippen LogP contribution is -2.38. The lowest BCUT2D eigenvalue weighted by atomic mass is 10.1. The minimum atomic E-state index is -0.608. The molecule has 5 nitrogen and oxygen atoms in total. The van der Waals surface area contributed by atoms with Crippen LogP contribution in [0.25, 0.3) is 0 Å². The fourth-order valence-electron chi connectivity index (χ4n) is 3.75. The van der Waals surface area contributed by atoms with Gasteiger partial charge >= 0.3 is 5.97 Å². The molecular formula is C25H22ClNO4. The predicted octanol–water partition coefficient (Wildman–Crippen LogP) is 5.05. The Balaban J connectivity index is 1.41. The molecule has 0 N–H and O–H groups in total. The number of carbonyl (C=O) groups excluding carboxylic acids is 2. The van der Waals surface area contributed by atoms with E-state index in [1.165, 1.54) is 0 Å². The quantitative estimate of drug-likeness (QED) is 0.508. The summed E-state index contributed by atoms with van der Waals surface area (Å²) in [5.74, 6) is -0.483. The third-order valence-electron chi connectivity index (χ3n) is 5.25. The maximum atomic E-state index is 12.8. The maximum Gasteiger partial charge on any atom is 0.342 e. The molecular weight excluding hydrogens is 414 g/mol. The molecule has 1 aliphatic rings. The monoisotopic (exact) mass is 435 g/mol. The second kappa shape index (κ2) is 9.23. The Bertz CT molecular complexity index is 1110. The molecule has 1 atom stereocenters. The minimum absolute atomic E-state index is 0.0230. The van der Waals surface area contributed by atoms with E-state index in [9.17, 15) is 9.59 Å². The molecule has 158 valence electrons. The molecule has 0 radical (unpaired) electrons. The summed E-state index contributed by atoms with van der Waals surface area (Å²) < 4.78 is 11.2. The van der Waals surface area contributed by atoms with Crippen LogP contribution >= 0.6 is 11.6 Å². The zero-order valence-electron chi connectivity index (χ0n) is 17.1. The number of fused-ring (bicyclic) bond motifs is 1. The Morgan fingerprint density at radius 2 is 1.71 bits per heavy atom. The van der Waals surface area contributed by atoms with E-state index in [1.54, 1.807) is 35.2 Å². The smallest absolute Gasteiger partial charge is 0.342 e. The van der Waals surface area contributed by atoms with Crippen molar-refractivity contribution in [3.05, 3.63) is 94.5 Å². The highest BCUT2D eigenvalue weighted by atomic mass is 35.5. The van der Waals surface area contributed by atoms with Gasteiger partial charge in [0.25, 0.3) is 5.91 Å². The Hall–Kier alpha value is -3.31. The summed E-state index contributed by atoms with van der Waals surface area (Å²) in [5, 5.41) is 0.591. The molecule has 0 aliphatic carbocycles. The summed E-state index contributed by atoms with van der Waals surface area (Å²) in [5.41, 5.74) is 3.06. The molecule has 1 heterocycles. The number of para-hydroxylation sites is 2. The fraction of sp³-hybridized carbons (Fsp3) is 0.200. The molecule has 0 aromatic heterocycles. The van der Waals surface area contributed by atoms with E-state index in [4.69, 9.17) is 21.1 Å². The van der Waals surface area contributed by atoms with E-state index >= 15 is 0 Å². The molecule has 0 spiro atoms. The van der Waals surface area contributed by atoms with Crippen molar-refractivity contribution in [2.24, 2.45) is 0 Å². The average molecular weight is 436 g/mol. The first-order valence-electron chi connectivity index (χ1n) is 10.1. The van der Waals surface area contributed by atoms with Crippen molar-refractivity contribution in [1.29, 1.82) is 0 Å². The molecule has 3 aromatic carbocycles. The maximum absolute atomic E-state index is 12.8. The number of carbonyl (C=O) groups is 2. The number of ether oxygens (including phenoxy) is 2. The van der Waals surface area contributed by atoms with Gasteiger partial charge in [0.05, 0.1) is 0 Å². The van der Waals surface area contributed by atoms with E-state index in [0.717, 1.165) is 23.2 Å². The van der Waals surface area contributed by atoms with Crippen LogP contribution in [0.5, 0.6) is 5.75 Å². The van der Waals surface area contributed by atoms with Gasteiger partial charge in [-0.2, -0.15) is 0 Å². The number of halogens is 1. The van der Waals surface area contributed by atoms with Crippen LogP contribution in [-0.2, 0) is 22.6 Å². The summed E-state index contributed by atoms with van der Waals surface area (Å²) >= 11 is 6.17. The van der Waals surface area contributed by atoms with Crippen molar-refractivity contribution in [1.82, 2.24) is 0 Å². The largest absolute Gasteiger partial charge is 0.488 e. The van der Waals surface area contributed by atoms with E-state index in [-0.39, 0.29) is 30.7 Å². The molecule has 0 saturated carbocycles. The number of rotatable bonds is 6. The zero-order valence-corrected chi connectivity index (χ0v) is 17.8. The highest BCUT2D eigenvalue weighted by molar-refractivity contribution is 6.31. The number of amides is 1. The van der Waals surface area contributed by atoms with Gasteiger partial charge in [-0.3, -0.25) is 4.79 Å². The molecule has 0 bridgehead atoms. The first kappa shape index (κ1) is 20.9. The Labute approximate surface area is 186 Å². The SMILES string of the molecule is CC1Cc2ccccc2N1C(=O)COC(=O)c1ccccc1OCc1ccccc1Cl. The van der Waals surface area contributed by atoms with Gasteiger partial charge in [-0.1, -0.05) is 60.1 Å². The van der Waals surface area contributed by atoms with Crippen molar-refractivity contribution in [2.75, 3.05) is 11.5 Å². The molecule has 4 rings (SSSR count). The second-order valence-electron chi connectivity index (χ2n) is 7.40. The number of nitrogens with zero attached hydrogens (tertiary/aromatic N) is 1. The van der Waals surface area contributed by atoms with Gasteiger partial charge in [0.1, 0.15) is 17.9 Å².